The van der Waals surface area contributed by atoms with Crippen molar-refractivity contribution >= 4 is 19.8 Å². The monoisotopic (exact) mass is 746 g/mol. The quantitative estimate of drug-likeness (QED) is 0.0281. The lowest BCUT2D eigenvalue weighted by molar-refractivity contribution is -0.161. The second kappa shape index (κ2) is 38.0. The first-order chi connectivity index (χ1) is 25.3. The lowest BCUT2D eigenvalue weighted by Crippen LogP contribution is -2.29. The van der Waals surface area contributed by atoms with E-state index < -0.39 is 32.5 Å². The number of esters is 2. The number of unbranched alkanes of at least 4 members (excludes halogenated alkanes) is 13. The Bertz CT molecular complexity index is 1100. The molecule has 0 rings (SSSR count). The highest BCUT2D eigenvalue weighted by Crippen LogP contribution is 2.36. The SMILES string of the molecule is C=CCCCCCCCCCCCCCCCC(=O)OC[C@H](COP(=O)(O)O)OC(=O)CC/C=C/C/C=C/C/C=C/C/C=C/C/C=C/C/C=C/CC. The van der Waals surface area contributed by atoms with E-state index in [1.807, 2.05) is 18.2 Å². The fourth-order valence-corrected chi connectivity index (χ4v) is 5.50. The van der Waals surface area contributed by atoms with Crippen molar-refractivity contribution < 1.29 is 37.9 Å². The van der Waals surface area contributed by atoms with Crippen LogP contribution in [0.2, 0.25) is 0 Å². The van der Waals surface area contributed by atoms with Crippen molar-refractivity contribution in [2.24, 2.45) is 0 Å². The molecule has 8 nitrogen and oxygen atoms in total. The van der Waals surface area contributed by atoms with Gasteiger partial charge in [0.2, 0.25) is 0 Å². The smallest absolute Gasteiger partial charge is 0.462 e. The predicted molar refractivity (Wildman–Crippen MR) is 216 cm³/mol. The molecule has 0 amide bonds. The zero-order valence-corrected chi connectivity index (χ0v) is 33.2. The summed E-state index contributed by atoms with van der Waals surface area (Å²) in [4.78, 5) is 42.7. The summed E-state index contributed by atoms with van der Waals surface area (Å²) in [6, 6.07) is 0. The number of hydrogen-bond acceptors (Lipinski definition) is 6. The number of phosphoric acid groups is 1. The van der Waals surface area contributed by atoms with Crippen LogP contribution in [-0.2, 0) is 28.2 Å². The maximum absolute atomic E-state index is 12.4. The zero-order valence-electron chi connectivity index (χ0n) is 32.3. The molecule has 1 atom stereocenters. The summed E-state index contributed by atoms with van der Waals surface area (Å²) in [7, 11) is -4.78. The standard InChI is InChI=1S/C43H71O8P/c1-3-5-7-9-11-13-15-17-19-20-21-22-24-26-28-30-32-34-36-38-43(45)51-41(40-50-52(46,47)48)39-49-42(44)37-35-33-31-29-27-25-23-18-16-14-12-10-8-6-4-2/h4-5,7,11,13,17,19,21-22,26,28,32,34,41H,2-3,6,8-10,12,14-16,18,20,23-25,27,29-31,33,35-40H2,1H3,(H2,46,47,48)/b7-5+,13-11+,19-17+,22-21+,28-26+,34-32+/t41-/m1/s1. The van der Waals surface area contributed by atoms with Crippen molar-refractivity contribution in [1.82, 2.24) is 0 Å². The van der Waals surface area contributed by atoms with E-state index in [1.54, 1.807) is 0 Å². The summed E-state index contributed by atoms with van der Waals surface area (Å²) in [6.07, 6.45) is 49.2. The second-order valence-corrected chi connectivity index (χ2v) is 14.2. The molecule has 0 saturated heterocycles. The first kappa shape index (κ1) is 49.2. The van der Waals surface area contributed by atoms with Gasteiger partial charge in [-0.3, -0.25) is 14.1 Å². The number of carbonyl (C=O) groups is 2. The molecule has 0 aromatic rings. The second-order valence-electron chi connectivity index (χ2n) is 13.0. The van der Waals surface area contributed by atoms with Gasteiger partial charge in [-0.25, -0.2) is 4.57 Å². The third-order valence-corrected chi connectivity index (χ3v) is 8.54. The highest BCUT2D eigenvalue weighted by molar-refractivity contribution is 7.46. The fraction of sp³-hybridized carbons (Fsp3) is 0.628. The molecule has 0 spiro atoms. The molecule has 0 bridgehead atoms. The molecule has 0 unspecified atom stereocenters. The van der Waals surface area contributed by atoms with Gasteiger partial charge >= 0.3 is 19.8 Å². The van der Waals surface area contributed by atoms with Crippen molar-refractivity contribution in [2.75, 3.05) is 13.2 Å². The Balaban J connectivity index is 4.08. The van der Waals surface area contributed by atoms with Crippen molar-refractivity contribution in [3.63, 3.8) is 0 Å². The summed E-state index contributed by atoms with van der Waals surface area (Å²) in [5, 5.41) is 0. The molecule has 296 valence electrons. The van der Waals surface area contributed by atoms with Gasteiger partial charge in [-0.2, -0.15) is 0 Å². The van der Waals surface area contributed by atoms with Gasteiger partial charge in [-0.1, -0.05) is 157 Å². The van der Waals surface area contributed by atoms with Crippen LogP contribution in [0.15, 0.2) is 85.6 Å². The van der Waals surface area contributed by atoms with Crippen LogP contribution < -0.4 is 0 Å². The maximum Gasteiger partial charge on any atom is 0.469 e. The summed E-state index contributed by atoms with van der Waals surface area (Å²) < 4.78 is 26.3. The van der Waals surface area contributed by atoms with E-state index in [9.17, 15) is 14.2 Å². The van der Waals surface area contributed by atoms with Crippen LogP contribution in [0.3, 0.4) is 0 Å². The van der Waals surface area contributed by atoms with E-state index in [0.717, 1.165) is 64.2 Å². The molecule has 9 heteroatoms. The van der Waals surface area contributed by atoms with Crippen molar-refractivity contribution in [3.05, 3.63) is 85.6 Å². The Morgan fingerprint density at radius 3 is 1.42 bits per heavy atom. The number of rotatable bonds is 36. The minimum absolute atomic E-state index is 0.0823. The summed E-state index contributed by atoms with van der Waals surface area (Å²) in [5.74, 6) is -0.992. The molecule has 0 fully saturated rings. The van der Waals surface area contributed by atoms with Gasteiger partial charge in [0, 0.05) is 12.8 Å². The maximum atomic E-state index is 12.4. The van der Waals surface area contributed by atoms with Crippen LogP contribution in [0.4, 0.5) is 0 Å². The molecule has 2 N–H and O–H groups in total. The average molecular weight is 747 g/mol. The van der Waals surface area contributed by atoms with Gasteiger partial charge in [-0.05, 0) is 64.2 Å². The lowest BCUT2D eigenvalue weighted by Gasteiger charge is -2.18. The van der Waals surface area contributed by atoms with Crippen molar-refractivity contribution in [2.45, 2.75) is 161 Å². The minimum Gasteiger partial charge on any atom is -0.462 e. The van der Waals surface area contributed by atoms with E-state index in [4.69, 9.17) is 19.3 Å². The third-order valence-electron chi connectivity index (χ3n) is 8.06. The molecule has 0 aromatic heterocycles. The molecule has 0 saturated carbocycles. The van der Waals surface area contributed by atoms with Crippen molar-refractivity contribution in [1.29, 1.82) is 0 Å². The van der Waals surface area contributed by atoms with Crippen LogP contribution in [0.1, 0.15) is 155 Å². The van der Waals surface area contributed by atoms with Crippen LogP contribution in [0.5, 0.6) is 0 Å². The molecule has 0 aromatic carbocycles. The molecule has 0 aliphatic carbocycles. The number of phosphoric ester groups is 1. The molecular weight excluding hydrogens is 675 g/mol. The molecular formula is C43H71O8P. The van der Waals surface area contributed by atoms with Gasteiger partial charge in [0.25, 0.3) is 0 Å². The summed E-state index contributed by atoms with van der Waals surface area (Å²) >= 11 is 0. The van der Waals surface area contributed by atoms with Gasteiger partial charge < -0.3 is 19.3 Å². The van der Waals surface area contributed by atoms with Crippen molar-refractivity contribution in [3.8, 4) is 0 Å². The van der Waals surface area contributed by atoms with Gasteiger partial charge in [-0.15, -0.1) is 6.58 Å². The Labute approximate surface area is 316 Å². The normalized spacial score (nSPS) is 13.1. The Kier molecular flexibility index (Phi) is 35.9. The summed E-state index contributed by atoms with van der Waals surface area (Å²) in [5.41, 5.74) is 0. The molecule has 52 heavy (non-hydrogen) atoms. The molecule has 0 aliphatic heterocycles. The minimum atomic E-state index is -4.78. The topological polar surface area (TPSA) is 119 Å². The highest BCUT2D eigenvalue weighted by Gasteiger charge is 2.22. The van der Waals surface area contributed by atoms with Crippen LogP contribution in [-0.4, -0.2) is 41.0 Å². The Morgan fingerprint density at radius 2 is 0.981 bits per heavy atom. The first-order valence-electron chi connectivity index (χ1n) is 19.8. The molecule has 0 radical (unpaired) electrons. The third kappa shape index (κ3) is 40.0. The van der Waals surface area contributed by atoms with Gasteiger partial charge in [0.1, 0.15) is 6.61 Å². The van der Waals surface area contributed by atoms with Gasteiger partial charge in [0.15, 0.2) is 6.10 Å². The molecule has 0 heterocycles. The summed E-state index contributed by atoms with van der Waals surface area (Å²) in [6.45, 7) is 5.01. The van der Waals surface area contributed by atoms with Gasteiger partial charge in [0.05, 0.1) is 6.61 Å². The van der Waals surface area contributed by atoms with Crippen LogP contribution >= 0.6 is 7.82 Å². The predicted octanol–water partition coefficient (Wildman–Crippen LogP) is 12.1. The highest BCUT2D eigenvalue weighted by atomic mass is 31.2. The Morgan fingerprint density at radius 1 is 0.558 bits per heavy atom. The number of ether oxygens (including phenoxy) is 2. The number of allylic oxidation sites excluding steroid dienone is 13. The van der Waals surface area contributed by atoms with E-state index in [2.05, 4.69) is 78.8 Å². The van der Waals surface area contributed by atoms with E-state index in [-0.39, 0.29) is 19.4 Å². The lowest BCUT2D eigenvalue weighted by atomic mass is 10.0. The number of hydrogen-bond donors (Lipinski definition) is 2. The Hall–Kier alpha value is -2.77. The zero-order chi connectivity index (χ0) is 38.2. The number of carbonyl (C=O) groups excluding carboxylic acids is 2. The van der Waals surface area contributed by atoms with E-state index >= 15 is 0 Å². The average Bonchev–Trinajstić information content (AvgIpc) is 3.11. The fourth-order valence-electron chi connectivity index (χ4n) is 5.14. The van der Waals surface area contributed by atoms with Crippen LogP contribution in [0.25, 0.3) is 0 Å². The first-order valence-corrected chi connectivity index (χ1v) is 21.4. The molecule has 0 aliphatic rings. The largest absolute Gasteiger partial charge is 0.469 e. The van der Waals surface area contributed by atoms with E-state index in [1.165, 1.54) is 57.8 Å². The van der Waals surface area contributed by atoms with E-state index in [0.29, 0.717) is 12.8 Å². The van der Waals surface area contributed by atoms with Crippen LogP contribution in [0, 0.1) is 0 Å².